The fourth-order valence-corrected chi connectivity index (χ4v) is 2.79. The highest BCUT2D eigenvalue weighted by Gasteiger charge is 2.08. The molecule has 1 rings (SSSR count). The molecular weight excluding hydrogens is 240 g/mol. The van der Waals surface area contributed by atoms with Crippen molar-refractivity contribution in [1.82, 2.24) is 0 Å². The first-order chi connectivity index (χ1) is 8.40. The van der Waals surface area contributed by atoms with E-state index in [-0.39, 0.29) is 0 Å². The lowest BCUT2D eigenvalue weighted by molar-refractivity contribution is 0.289. The molecule has 0 fully saturated rings. The minimum atomic E-state index is 0.620. The quantitative estimate of drug-likeness (QED) is 0.652. The van der Waals surface area contributed by atoms with Gasteiger partial charge in [-0.15, -0.1) is 11.8 Å². The third-order valence-electron chi connectivity index (χ3n) is 2.75. The molecule has 2 heteroatoms. The number of ether oxygens (including phenoxy) is 1. The van der Waals surface area contributed by atoms with Gasteiger partial charge in [0.15, 0.2) is 0 Å². The van der Waals surface area contributed by atoms with Crippen LogP contribution in [0.2, 0.25) is 0 Å². The minimum Gasteiger partial charge on any atom is -0.494 e. The Morgan fingerprint density at radius 1 is 1.06 bits per heavy atom. The molecule has 18 heavy (non-hydrogen) atoms. The maximum atomic E-state index is 5.83. The maximum absolute atomic E-state index is 5.83. The summed E-state index contributed by atoms with van der Waals surface area (Å²) in [4.78, 5) is 1.40. The molecule has 0 amide bonds. The summed E-state index contributed by atoms with van der Waals surface area (Å²) in [6, 6.07) is 4.33. The molecule has 1 aromatic carbocycles. The third-order valence-corrected chi connectivity index (χ3v) is 4.10. The highest BCUT2D eigenvalue weighted by Crippen LogP contribution is 2.32. The predicted molar refractivity (Wildman–Crippen MR) is 81.9 cm³/mol. The summed E-state index contributed by atoms with van der Waals surface area (Å²) < 4.78 is 5.83. The largest absolute Gasteiger partial charge is 0.494 e. The Balaban J connectivity index is 2.73. The fourth-order valence-electron chi connectivity index (χ4n) is 1.83. The second-order valence-electron chi connectivity index (χ2n) is 5.58. The Morgan fingerprint density at radius 3 is 2.06 bits per heavy atom. The van der Waals surface area contributed by atoms with Crippen molar-refractivity contribution in [3.8, 4) is 5.75 Å². The van der Waals surface area contributed by atoms with Crippen LogP contribution < -0.4 is 4.74 Å². The van der Waals surface area contributed by atoms with Crippen molar-refractivity contribution in [2.75, 3.05) is 6.61 Å². The Bertz CT molecular complexity index is 360. The van der Waals surface area contributed by atoms with Crippen LogP contribution in [0.25, 0.3) is 0 Å². The van der Waals surface area contributed by atoms with E-state index in [9.17, 15) is 0 Å². The first-order valence-corrected chi connectivity index (χ1v) is 7.68. The lowest BCUT2D eigenvalue weighted by Crippen LogP contribution is -2.02. The van der Waals surface area contributed by atoms with Gasteiger partial charge in [-0.25, -0.2) is 0 Å². The monoisotopic (exact) mass is 266 g/mol. The van der Waals surface area contributed by atoms with Gasteiger partial charge in [-0.2, -0.15) is 0 Å². The molecule has 1 nitrogen and oxygen atoms in total. The second-order valence-corrected chi connectivity index (χ2v) is 7.17. The molecule has 0 radical (unpaired) electrons. The number of thioether (sulfide) groups is 1. The molecule has 0 unspecified atom stereocenters. The molecule has 0 aliphatic rings. The Labute approximate surface area is 116 Å². The molecule has 0 aliphatic heterocycles. The van der Waals surface area contributed by atoms with Crippen LogP contribution in [0.1, 0.15) is 45.2 Å². The molecule has 0 aromatic heterocycles. The Morgan fingerprint density at radius 2 is 1.61 bits per heavy atom. The smallest absolute Gasteiger partial charge is 0.119 e. The molecule has 0 spiro atoms. The van der Waals surface area contributed by atoms with Gasteiger partial charge in [0.25, 0.3) is 0 Å². The van der Waals surface area contributed by atoms with Crippen molar-refractivity contribution in [1.29, 1.82) is 0 Å². The summed E-state index contributed by atoms with van der Waals surface area (Å²) in [5, 5.41) is 0.620. The average molecular weight is 266 g/mol. The molecular formula is C16H26OS. The predicted octanol–water partition coefficient (Wildman–Crippen LogP) is 5.23. The van der Waals surface area contributed by atoms with Crippen LogP contribution in [-0.2, 0) is 0 Å². The zero-order chi connectivity index (χ0) is 13.7. The van der Waals surface area contributed by atoms with Crippen LogP contribution in [0.3, 0.4) is 0 Å². The van der Waals surface area contributed by atoms with Gasteiger partial charge < -0.3 is 4.74 Å². The zero-order valence-corrected chi connectivity index (χ0v) is 13.4. The van der Waals surface area contributed by atoms with Crippen molar-refractivity contribution in [2.24, 2.45) is 5.92 Å². The first kappa shape index (κ1) is 15.4. The van der Waals surface area contributed by atoms with Crippen LogP contribution in [0, 0.1) is 19.8 Å². The van der Waals surface area contributed by atoms with E-state index in [1.165, 1.54) is 16.0 Å². The summed E-state index contributed by atoms with van der Waals surface area (Å²) in [6.07, 6.45) is 1.11. The number of hydrogen-bond acceptors (Lipinski definition) is 2. The van der Waals surface area contributed by atoms with Crippen molar-refractivity contribution in [2.45, 2.75) is 58.1 Å². The van der Waals surface area contributed by atoms with Gasteiger partial charge in [-0.1, -0.05) is 27.7 Å². The van der Waals surface area contributed by atoms with E-state index in [0.29, 0.717) is 11.2 Å². The molecule has 102 valence electrons. The average Bonchev–Trinajstić information content (AvgIpc) is 2.22. The van der Waals surface area contributed by atoms with Crippen LogP contribution >= 0.6 is 11.8 Å². The fraction of sp³-hybridized carbons (Fsp3) is 0.625. The van der Waals surface area contributed by atoms with Crippen molar-refractivity contribution in [3.05, 3.63) is 23.3 Å². The van der Waals surface area contributed by atoms with E-state index < -0.39 is 0 Å². The lowest BCUT2D eigenvalue weighted by atomic mass is 10.1. The zero-order valence-electron chi connectivity index (χ0n) is 12.5. The molecule has 0 saturated carbocycles. The van der Waals surface area contributed by atoms with E-state index in [4.69, 9.17) is 4.74 Å². The molecule has 0 N–H and O–H groups in total. The summed E-state index contributed by atoms with van der Waals surface area (Å²) >= 11 is 1.93. The summed E-state index contributed by atoms with van der Waals surface area (Å²) in [5.41, 5.74) is 2.65. The van der Waals surface area contributed by atoms with Crippen molar-refractivity contribution in [3.63, 3.8) is 0 Å². The van der Waals surface area contributed by atoms with E-state index in [2.05, 4.69) is 53.7 Å². The number of hydrogen-bond donors (Lipinski definition) is 0. The van der Waals surface area contributed by atoms with Crippen molar-refractivity contribution >= 4 is 11.8 Å². The van der Waals surface area contributed by atoms with Gasteiger partial charge in [0.2, 0.25) is 0 Å². The SMILES string of the molecule is Cc1cc(OCCC(C)C)cc(C)c1SC(C)C. The van der Waals surface area contributed by atoms with Gasteiger partial charge in [0, 0.05) is 10.1 Å². The van der Waals surface area contributed by atoms with Crippen LogP contribution in [0.4, 0.5) is 0 Å². The van der Waals surface area contributed by atoms with E-state index in [1.807, 2.05) is 11.8 Å². The second kappa shape index (κ2) is 7.08. The van der Waals surface area contributed by atoms with Gasteiger partial charge >= 0.3 is 0 Å². The lowest BCUT2D eigenvalue weighted by Gasteiger charge is -2.15. The number of rotatable bonds is 6. The van der Waals surface area contributed by atoms with E-state index >= 15 is 0 Å². The summed E-state index contributed by atoms with van der Waals surface area (Å²) in [7, 11) is 0. The van der Waals surface area contributed by atoms with Crippen LogP contribution in [0.15, 0.2) is 17.0 Å². The topological polar surface area (TPSA) is 9.23 Å². The number of benzene rings is 1. The highest BCUT2D eigenvalue weighted by molar-refractivity contribution is 8.00. The molecule has 0 heterocycles. The van der Waals surface area contributed by atoms with Crippen LogP contribution in [-0.4, -0.2) is 11.9 Å². The standard InChI is InChI=1S/C16H26OS/c1-11(2)7-8-17-15-9-13(5)16(14(6)10-15)18-12(3)4/h9-12H,7-8H2,1-6H3. The first-order valence-electron chi connectivity index (χ1n) is 6.80. The van der Waals surface area contributed by atoms with Crippen LogP contribution in [0.5, 0.6) is 5.75 Å². The van der Waals surface area contributed by atoms with Crippen molar-refractivity contribution < 1.29 is 4.74 Å². The molecule has 0 bridgehead atoms. The van der Waals surface area contributed by atoms with Gasteiger partial charge in [0.1, 0.15) is 5.75 Å². The van der Waals surface area contributed by atoms with Gasteiger partial charge in [-0.3, -0.25) is 0 Å². The number of aryl methyl sites for hydroxylation is 2. The molecule has 0 saturated heterocycles. The highest BCUT2D eigenvalue weighted by atomic mass is 32.2. The summed E-state index contributed by atoms with van der Waals surface area (Å²) in [6.45, 7) is 14.1. The van der Waals surface area contributed by atoms with Gasteiger partial charge in [-0.05, 0) is 49.4 Å². The Hall–Kier alpha value is -0.630. The molecule has 0 aliphatic carbocycles. The molecule has 0 atom stereocenters. The summed E-state index contributed by atoms with van der Waals surface area (Å²) in [5.74, 6) is 1.71. The Kier molecular flexibility index (Phi) is 6.07. The van der Waals surface area contributed by atoms with Gasteiger partial charge in [0.05, 0.1) is 6.61 Å². The normalized spacial score (nSPS) is 11.3. The maximum Gasteiger partial charge on any atom is 0.119 e. The molecule has 1 aromatic rings. The third kappa shape index (κ3) is 4.93. The van der Waals surface area contributed by atoms with E-state index in [1.54, 1.807) is 0 Å². The van der Waals surface area contributed by atoms with E-state index in [0.717, 1.165) is 18.8 Å². The minimum absolute atomic E-state index is 0.620.